The van der Waals surface area contributed by atoms with Crippen molar-refractivity contribution in [2.45, 2.75) is 31.6 Å². The van der Waals surface area contributed by atoms with Crippen molar-refractivity contribution in [3.63, 3.8) is 0 Å². The minimum absolute atomic E-state index is 0.0541. The van der Waals surface area contributed by atoms with Gasteiger partial charge in [0.1, 0.15) is 5.82 Å². The summed E-state index contributed by atoms with van der Waals surface area (Å²) in [7, 11) is 1.61. The van der Waals surface area contributed by atoms with Gasteiger partial charge in [0.05, 0.1) is 5.56 Å². The summed E-state index contributed by atoms with van der Waals surface area (Å²) in [5, 5.41) is 4.24. The van der Waals surface area contributed by atoms with Crippen LogP contribution in [0, 0.1) is 0 Å². The molecule has 1 fully saturated rings. The molecule has 0 unspecified atom stereocenters. The lowest BCUT2D eigenvalue weighted by atomic mass is 10.0. The van der Waals surface area contributed by atoms with Gasteiger partial charge < -0.3 is 9.80 Å². The number of halogens is 2. The second-order valence-corrected chi connectivity index (χ2v) is 8.13. The standard InChI is InChI=1S/C21H22F2N6O2/c1-26-20(31)29-8-4-16(12-17(29)25-26)28-7-2-3-14-11-15(13-24-18(14)28)19(30)27-9-5-21(22,23)6-10-27/h4,8,11-13H,2-3,5-7,9-10H2,1H3. The normalized spacial score (nSPS) is 18.3. The van der Waals surface area contributed by atoms with E-state index in [1.54, 1.807) is 13.2 Å². The largest absolute Gasteiger partial charge is 0.350 e. The Hall–Kier alpha value is -3.30. The highest BCUT2D eigenvalue weighted by Crippen LogP contribution is 2.33. The molecule has 5 heterocycles. The summed E-state index contributed by atoms with van der Waals surface area (Å²) in [5.41, 5.74) is 2.57. The lowest BCUT2D eigenvalue weighted by Crippen LogP contribution is -2.42. The maximum Gasteiger partial charge on any atom is 0.350 e. The topological polar surface area (TPSA) is 75.7 Å². The minimum Gasteiger partial charge on any atom is -0.338 e. The molecule has 0 aliphatic carbocycles. The summed E-state index contributed by atoms with van der Waals surface area (Å²) in [4.78, 5) is 32.9. The van der Waals surface area contributed by atoms with E-state index < -0.39 is 5.92 Å². The van der Waals surface area contributed by atoms with Crippen LogP contribution < -0.4 is 10.6 Å². The Morgan fingerprint density at radius 3 is 2.71 bits per heavy atom. The summed E-state index contributed by atoms with van der Waals surface area (Å²) in [6, 6.07) is 5.51. The summed E-state index contributed by atoms with van der Waals surface area (Å²) in [6.45, 7) is 0.860. The molecule has 1 amide bonds. The summed E-state index contributed by atoms with van der Waals surface area (Å²) in [6.07, 6.45) is 4.27. The molecule has 3 aromatic rings. The van der Waals surface area contributed by atoms with Crippen molar-refractivity contribution < 1.29 is 13.6 Å². The molecule has 8 nitrogen and oxygen atoms in total. The average molecular weight is 428 g/mol. The van der Waals surface area contributed by atoms with Crippen LogP contribution in [0.4, 0.5) is 20.3 Å². The van der Waals surface area contributed by atoms with Gasteiger partial charge in [-0.3, -0.25) is 9.20 Å². The maximum atomic E-state index is 13.4. The van der Waals surface area contributed by atoms with Crippen LogP contribution in [0.3, 0.4) is 0 Å². The van der Waals surface area contributed by atoms with Gasteiger partial charge in [0, 0.05) is 63.7 Å². The first-order valence-corrected chi connectivity index (χ1v) is 10.3. The van der Waals surface area contributed by atoms with Gasteiger partial charge >= 0.3 is 5.69 Å². The van der Waals surface area contributed by atoms with E-state index in [1.807, 2.05) is 23.1 Å². The number of aryl methyl sites for hydroxylation is 2. The van der Waals surface area contributed by atoms with Gasteiger partial charge in [0.2, 0.25) is 0 Å². The highest BCUT2D eigenvalue weighted by atomic mass is 19.3. The van der Waals surface area contributed by atoms with Crippen LogP contribution in [0.5, 0.6) is 0 Å². The number of hydrogen-bond donors (Lipinski definition) is 0. The zero-order chi connectivity index (χ0) is 21.8. The van der Waals surface area contributed by atoms with Gasteiger partial charge in [-0.25, -0.2) is 23.2 Å². The molecule has 5 rings (SSSR count). The first-order chi connectivity index (χ1) is 14.8. The average Bonchev–Trinajstić information content (AvgIpc) is 3.05. The third-order valence-electron chi connectivity index (χ3n) is 6.02. The minimum atomic E-state index is -2.69. The van der Waals surface area contributed by atoms with Crippen molar-refractivity contribution in [2.24, 2.45) is 7.05 Å². The third-order valence-corrected chi connectivity index (χ3v) is 6.02. The molecule has 0 bridgehead atoms. The number of hydrogen-bond acceptors (Lipinski definition) is 5. The number of pyridine rings is 2. The highest BCUT2D eigenvalue weighted by Gasteiger charge is 2.36. The van der Waals surface area contributed by atoms with Gasteiger partial charge in [-0.05, 0) is 30.5 Å². The third kappa shape index (κ3) is 3.45. The number of nitrogens with zero attached hydrogens (tertiary/aromatic N) is 6. The Kier molecular flexibility index (Phi) is 4.53. The van der Waals surface area contributed by atoms with E-state index in [2.05, 4.69) is 10.1 Å². The Labute approximate surface area is 176 Å². The van der Waals surface area contributed by atoms with E-state index in [0.717, 1.165) is 36.5 Å². The molecule has 0 N–H and O–H groups in total. The van der Waals surface area contributed by atoms with E-state index in [-0.39, 0.29) is 37.5 Å². The van der Waals surface area contributed by atoms with E-state index in [9.17, 15) is 18.4 Å². The molecule has 0 atom stereocenters. The molecule has 31 heavy (non-hydrogen) atoms. The van der Waals surface area contributed by atoms with E-state index in [0.29, 0.717) is 11.2 Å². The number of alkyl halides is 2. The Morgan fingerprint density at radius 2 is 1.94 bits per heavy atom. The van der Waals surface area contributed by atoms with E-state index in [4.69, 9.17) is 0 Å². The van der Waals surface area contributed by atoms with Crippen LogP contribution in [0.25, 0.3) is 5.65 Å². The number of rotatable bonds is 2. The molecule has 0 saturated carbocycles. The molecule has 3 aromatic heterocycles. The predicted molar refractivity (Wildman–Crippen MR) is 110 cm³/mol. The Bertz CT molecular complexity index is 1220. The smallest absolute Gasteiger partial charge is 0.338 e. The highest BCUT2D eigenvalue weighted by molar-refractivity contribution is 5.94. The number of fused-ring (bicyclic) bond motifs is 2. The molecular formula is C21H22F2N6O2. The molecule has 1 saturated heterocycles. The fourth-order valence-corrected chi connectivity index (χ4v) is 4.29. The van der Waals surface area contributed by atoms with E-state index in [1.165, 1.54) is 20.2 Å². The Morgan fingerprint density at radius 1 is 1.16 bits per heavy atom. The van der Waals surface area contributed by atoms with Gasteiger partial charge in [0.25, 0.3) is 11.8 Å². The van der Waals surface area contributed by atoms with Crippen LogP contribution in [-0.4, -0.2) is 55.5 Å². The second-order valence-electron chi connectivity index (χ2n) is 8.13. The molecule has 10 heteroatoms. The van der Waals surface area contributed by atoms with Crippen LogP contribution >= 0.6 is 0 Å². The van der Waals surface area contributed by atoms with Crippen molar-refractivity contribution >= 4 is 23.1 Å². The summed E-state index contributed by atoms with van der Waals surface area (Å²) in [5.74, 6) is -2.18. The fourth-order valence-electron chi connectivity index (χ4n) is 4.29. The lowest BCUT2D eigenvalue weighted by Gasteiger charge is -2.33. The summed E-state index contributed by atoms with van der Waals surface area (Å²) < 4.78 is 29.6. The molecule has 162 valence electrons. The SMILES string of the molecule is Cn1nc2cc(N3CCCc4cc(C(=O)N5CCC(F)(F)CC5)cnc43)ccn2c1=O. The molecular weight excluding hydrogens is 406 g/mol. The van der Waals surface area contributed by atoms with Gasteiger partial charge in [0.15, 0.2) is 5.65 Å². The molecule has 0 radical (unpaired) electrons. The molecule has 0 spiro atoms. The van der Waals surface area contributed by atoms with Crippen LogP contribution in [0.1, 0.15) is 35.2 Å². The van der Waals surface area contributed by atoms with Crippen LogP contribution in [0.15, 0.2) is 35.4 Å². The lowest BCUT2D eigenvalue weighted by molar-refractivity contribution is -0.0494. The first kappa shape index (κ1) is 19.7. The van der Waals surface area contributed by atoms with Crippen LogP contribution in [0.2, 0.25) is 0 Å². The quantitative estimate of drug-likeness (QED) is 0.627. The molecule has 0 aromatic carbocycles. The number of carbonyl (C=O) groups excluding carboxylic acids is 1. The van der Waals surface area contributed by atoms with Crippen molar-refractivity contribution in [1.29, 1.82) is 0 Å². The maximum absolute atomic E-state index is 13.4. The number of amides is 1. The number of piperidine rings is 1. The monoisotopic (exact) mass is 428 g/mol. The number of likely N-dealkylation sites (tertiary alicyclic amines) is 1. The number of aromatic nitrogens is 4. The summed E-state index contributed by atoms with van der Waals surface area (Å²) >= 11 is 0. The van der Waals surface area contributed by atoms with Gasteiger partial charge in [-0.1, -0.05) is 0 Å². The van der Waals surface area contributed by atoms with Crippen LogP contribution in [-0.2, 0) is 13.5 Å². The number of anilines is 2. The second kappa shape index (κ2) is 7.14. The van der Waals surface area contributed by atoms with Gasteiger partial charge in [-0.2, -0.15) is 5.10 Å². The van der Waals surface area contributed by atoms with Crippen molar-refractivity contribution in [3.8, 4) is 0 Å². The van der Waals surface area contributed by atoms with Crippen molar-refractivity contribution in [1.82, 2.24) is 24.1 Å². The Balaban J connectivity index is 1.43. The zero-order valence-electron chi connectivity index (χ0n) is 17.1. The van der Waals surface area contributed by atoms with E-state index >= 15 is 0 Å². The van der Waals surface area contributed by atoms with Crippen molar-refractivity contribution in [2.75, 3.05) is 24.5 Å². The zero-order valence-corrected chi connectivity index (χ0v) is 17.1. The predicted octanol–water partition coefficient (Wildman–Crippen LogP) is 2.38. The molecule has 2 aliphatic rings. The van der Waals surface area contributed by atoms with Gasteiger partial charge in [-0.15, -0.1) is 0 Å². The first-order valence-electron chi connectivity index (χ1n) is 10.3. The number of carbonyl (C=O) groups is 1. The fraction of sp³-hybridized carbons (Fsp3) is 0.429. The molecule has 2 aliphatic heterocycles. The van der Waals surface area contributed by atoms with Crippen molar-refractivity contribution in [3.05, 3.63) is 52.2 Å².